The zero-order chi connectivity index (χ0) is 18.2. The average Bonchev–Trinajstić information content (AvgIpc) is 2.61. The van der Waals surface area contributed by atoms with E-state index in [2.05, 4.69) is 17.2 Å². The lowest BCUT2D eigenvalue weighted by atomic mass is 9.81. The minimum atomic E-state index is -0.0101. The summed E-state index contributed by atoms with van der Waals surface area (Å²) in [6, 6.07) is 5.38. The normalized spacial score (nSPS) is 19.9. The first-order chi connectivity index (χ1) is 12.0. The smallest absolute Gasteiger partial charge is 0.223 e. The predicted molar refractivity (Wildman–Crippen MR) is 102 cm³/mol. The van der Waals surface area contributed by atoms with E-state index in [-0.39, 0.29) is 23.7 Å². The Balaban J connectivity index is 1.71. The minimum absolute atomic E-state index is 0.0101. The number of amides is 2. The molecule has 25 heavy (non-hydrogen) atoms. The molecule has 1 fully saturated rings. The van der Waals surface area contributed by atoms with Crippen molar-refractivity contribution in [2.45, 2.75) is 32.1 Å². The highest BCUT2D eigenvalue weighted by Gasteiger charge is 2.29. The van der Waals surface area contributed by atoms with Gasteiger partial charge in [0.2, 0.25) is 11.8 Å². The average molecular weight is 383 g/mol. The number of benzene rings is 1. The molecule has 0 spiro atoms. The quantitative estimate of drug-likeness (QED) is 0.705. The summed E-state index contributed by atoms with van der Waals surface area (Å²) in [7, 11) is 0. The Kier molecular flexibility index (Phi) is 7.79. The van der Waals surface area contributed by atoms with Crippen molar-refractivity contribution < 1.29 is 9.59 Å². The van der Waals surface area contributed by atoms with Crippen molar-refractivity contribution >= 4 is 35.0 Å². The van der Waals surface area contributed by atoms with Gasteiger partial charge in [-0.3, -0.25) is 9.59 Å². The third-order valence-electron chi connectivity index (χ3n) is 4.60. The van der Waals surface area contributed by atoms with Gasteiger partial charge in [-0.2, -0.15) is 0 Å². The van der Waals surface area contributed by atoms with Crippen molar-refractivity contribution in [1.82, 2.24) is 10.6 Å². The predicted octanol–water partition coefficient (Wildman–Crippen LogP) is 3.76. The maximum atomic E-state index is 12.3. The van der Waals surface area contributed by atoms with Crippen LogP contribution >= 0.6 is 23.2 Å². The summed E-state index contributed by atoms with van der Waals surface area (Å²) in [5.41, 5.74) is 0.967. The van der Waals surface area contributed by atoms with E-state index in [0.717, 1.165) is 31.2 Å². The number of carbonyl (C=O) groups is 2. The highest BCUT2D eigenvalue weighted by atomic mass is 35.5. The van der Waals surface area contributed by atoms with Crippen molar-refractivity contribution in [2.24, 2.45) is 11.8 Å². The van der Waals surface area contributed by atoms with Gasteiger partial charge in [-0.25, -0.2) is 0 Å². The lowest BCUT2D eigenvalue weighted by Gasteiger charge is -2.27. The molecule has 6 heteroatoms. The van der Waals surface area contributed by atoms with Crippen LogP contribution in [0.3, 0.4) is 0 Å². The van der Waals surface area contributed by atoms with Crippen LogP contribution < -0.4 is 10.6 Å². The fourth-order valence-electron chi connectivity index (χ4n) is 3.12. The minimum Gasteiger partial charge on any atom is -0.356 e. The van der Waals surface area contributed by atoms with E-state index < -0.39 is 0 Å². The Hall–Kier alpha value is -1.52. The SMILES string of the molecule is C=CCNC(=O)C1CCC(C(=O)NCCc2ccc(Cl)cc2Cl)CC1. The Morgan fingerprint density at radius 3 is 2.24 bits per heavy atom. The van der Waals surface area contributed by atoms with Crippen LogP contribution in [-0.2, 0) is 16.0 Å². The maximum Gasteiger partial charge on any atom is 0.223 e. The molecule has 1 aliphatic rings. The van der Waals surface area contributed by atoms with E-state index in [9.17, 15) is 9.59 Å². The highest BCUT2D eigenvalue weighted by Crippen LogP contribution is 2.29. The molecule has 0 radical (unpaired) electrons. The summed E-state index contributed by atoms with van der Waals surface area (Å²) in [6.07, 6.45) is 5.35. The van der Waals surface area contributed by atoms with Crippen LogP contribution in [-0.4, -0.2) is 24.9 Å². The molecule has 4 nitrogen and oxygen atoms in total. The number of carbonyl (C=O) groups excluding carboxylic acids is 2. The molecule has 2 N–H and O–H groups in total. The van der Waals surface area contributed by atoms with Gasteiger partial charge < -0.3 is 10.6 Å². The van der Waals surface area contributed by atoms with E-state index in [4.69, 9.17) is 23.2 Å². The lowest BCUT2D eigenvalue weighted by Crippen LogP contribution is -2.38. The van der Waals surface area contributed by atoms with Crippen molar-refractivity contribution in [3.63, 3.8) is 0 Å². The number of halogens is 2. The van der Waals surface area contributed by atoms with E-state index >= 15 is 0 Å². The van der Waals surface area contributed by atoms with Crippen molar-refractivity contribution in [3.8, 4) is 0 Å². The van der Waals surface area contributed by atoms with Gasteiger partial charge >= 0.3 is 0 Å². The molecule has 0 saturated heterocycles. The Morgan fingerprint density at radius 1 is 1.08 bits per heavy atom. The summed E-state index contributed by atoms with van der Waals surface area (Å²) in [4.78, 5) is 24.2. The first-order valence-corrected chi connectivity index (χ1v) is 9.37. The fourth-order valence-corrected chi connectivity index (χ4v) is 3.63. The van der Waals surface area contributed by atoms with Gasteiger partial charge in [0.1, 0.15) is 0 Å². The van der Waals surface area contributed by atoms with E-state index in [1.165, 1.54) is 0 Å². The Labute approximate surface area is 159 Å². The second kappa shape index (κ2) is 9.83. The van der Waals surface area contributed by atoms with Gasteiger partial charge in [-0.1, -0.05) is 35.3 Å². The van der Waals surface area contributed by atoms with Gasteiger partial charge in [-0.05, 0) is 49.8 Å². The molecule has 0 heterocycles. The third-order valence-corrected chi connectivity index (χ3v) is 5.19. The second-order valence-corrected chi connectivity index (χ2v) is 7.20. The van der Waals surface area contributed by atoms with E-state index in [1.807, 2.05) is 6.07 Å². The topological polar surface area (TPSA) is 58.2 Å². The zero-order valence-electron chi connectivity index (χ0n) is 14.2. The maximum absolute atomic E-state index is 12.3. The molecule has 2 amide bonds. The van der Waals surface area contributed by atoms with Crippen molar-refractivity contribution in [3.05, 3.63) is 46.5 Å². The molecule has 0 aromatic heterocycles. The van der Waals surface area contributed by atoms with E-state index in [0.29, 0.717) is 29.6 Å². The van der Waals surface area contributed by atoms with Crippen LogP contribution in [0.15, 0.2) is 30.9 Å². The van der Waals surface area contributed by atoms with Crippen LogP contribution in [0, 0.1) is 11.8 Å². The number of nitrogens with one attached hydrogen (secondary N) is 2. The third kappa shape index (κ3) is 6.05. The molecular weight excluding hydrogens is 359 g/mol. The molecule has 0 atom stereocenters. The van der Waals surface area contributed by atoms with Gasteiger partial charge in [0.15, 0.2) is 0 Å². The molecule has 1 aliphatic carbocycles. The molecule has 1 saturated carbocycles. The molecule has 0 unspecified atom stereocenters. The summed E-state index contributed by atoms with van der Waals surface area (Å²) in [5.74, 6) is 0.132. The van der Waals surface area contributed by atoms with E-state index in [1.54, 1.807) is 18.2 Å². The summed E-state index contributed by atoms with van der Waals surface area (Å²) in [5, 5.41) is 7.03. The Bertz CT molecular complexity index is 626. The lowest BCUT2D eigenvalue weighted by molar-refractivity contribution is -0.130. The Morgan fingerprint density at radius 2 is 1.68 bits per heavy atom. The molecule has 0 aliphatic heterocycles. The van der Waals surface area contributed by atoms with Gasteiger partial charge in [0.05, 0.1) is 0 Å². The van der Waals surface area contributed by atoms with Crippen molar-refractivity contribution in [1.29, 1.82) is 0 Å². The van der Waals surface area contributed by atoms with Crippen molar-refractivity contribution in [2.75, 3.05) is 13.1 Å². The van der Waals surface area contributed by atoms with Crippen LogP contribution in [0.25, 0.3) is 0 Å². The van der Waals surface area contributed by atoms with Crippen LogP contribution in [0.4, 0.5) is 0 Å². The molecule has 1 aromatic rings. The summed E-state index contributed by atoms with van der Waals surface area (Å²) >= 11 is 12.0. The first kappa shape index (κ1) is 19.8. The summed E-state index contributed by atoms with van der Waals surface area (Å²) in [6.45, 7) is 4.62. The van der Waals surface area contributed by atoms with Gasteiger partial charge in [-0.15, -0.1) is 6.58 Å². The summed E-state index contributed by atoms with van der Waals surface area (Å²) < 4.78 is 0. The monoisotopic (exact) mass is 382 g/mol. The number of hydrogen-bond donors (Lipinski definition) is 2. The highest BCUT2D eigenvalue weighted by molar-refractivity contribution is 6.35. The fraction of sp³-hybridized carbons (Fsp3) is 0.474. The molecular formula is C19H24Cl2N2O2. The number of rotatable bonds is 7. The largest absolute Gasteiger partial charge is 0.356 e. The molecule has 1 aromatic carbocycles. The standard InChI is InChI=1S/C19H24Cl2N2O2/c1-2-10-22-18(24)14-3-5-15(6-4-14)19(25)23-11-9-13-7-8-16(20)12-17(13)21/h2,7-8,12,14-15H,1,3-6,9-11H2,(H,22,24)(H,23,25). The number of hydrogen-bond acceptors (Lipinski definition) is 2. The van der Waals surface area contributed by atoms with Crippen LogP contribution in [0.5, 0.6) is 0 Å². The van der Waals surface area contributed by atoms with Crippen LogP contribution in [0.1, 0.15) is 31.2 Å². The van der Waals surface area contributed by atoms with Crippen LogP contribution in [0.2, 0.25) is 10.0 Å². The van der Waals surface area contributed by atoms with Gasteiger partial charge in [0, 0.05) is 35.0 Å². The first-order valence-electron chi connectivity index (χ1n) is 8.61. The zero-order valence-corrected chi connectivity index (χ0v) is 15.7. The van der Waals surface area contributed by atoms with Gasteiger partial charge in [0.25, 0.3) is 0 Å². The second-order valence-electron chi connectivity index (χ2n) is 6.36. The molecule has 136 valence electrons. The molecule has 0 bridgehead atoms. The molecule has 2 rings (SSSR count).